The number of nitro benzene ring substituents is 1. The van der Waals surface area contributed by atoms with Crippen LogP contribution in [0, 0.1) is 10.1 Å². The van der Waals surface area contributed by atoms with Crippen LogP contribution in [-0.2, 0) is 22.3 Å². The maximum absolute atomic E-state index is 12.6. The minimum atomic E-state index is -3.60. The third-order valence-corrected chi connectivity index (χ3v) is 6.16. The summed E-state index contributed by atoms with van der Waals surface area (Å²) in [5.74, 6) is -0.238. The Hall–Kier alpha value is -1.74. The summed E-state index contributed by atoms with van der Waals surface area (Å²) in [5, 5.41) is 10.7. The lowest BCUT2D eigenvalue weighted by molar-refractivity contribution is -0.384. The van der Waals surface area contributed by atoms with Crippen LogP contribution in [0.2, 0.25) is 4.34 Å². The molecule has 0 amide bonds. The maximum Gasteiger partial charge on any atom is 0.269 e. The molecule has 0 spiro atoms. The van der Waals surface area contributed by atoms with Gasteiger partial charge in [0.2, 0.25) is 10.0 Å². The maximum atomic E-state index is 12.6. The van der Waals surface area contributed by atoms with E-state index < -0.39 is 14.9 Å². The monoisotopic (exact) mass is 386 g/mol. The van der Waals surface area contributed by atoms with Gasteiger partial charge in [-0.25, -0.2) is 8.42 Å². The molecule has 0 aliphatic rings. The molecule has 1 heterocycles. The minimum absolute atomic E-state index is 0.0766. The summed E-state index contributed by atoms with van der Waals surface area (Å²) in [6, 6.07) is 8.98. The second-order valence-electron chi connectivity index (χ2n) is 4.97. The Balaban J connectivity index is 2.17. The Bertz CT molecular complexity index is 831. The molecule has 2 aromatic rings. The Labute approximate surface area is 149 Å². The molecule has 0 saturated carbocycles. The quantitative estimate of drug-likeness (QED) is 0.392. The van der Waals surface area contributed by atoms with E-state index in [1.54, 1.807) is 12.1 Å². The first-order valence-corrected chi connectivity index (χ1v) is 9.68. The van der Waals surface area contributed by atoms with Crippen LogP contribution in [0.1, 0.15) is 10.4 Å². The first-order valence-electron chi connectivity index (χ1n) is 6.88. The molecule has 9 heteroatoms. The summed E-state index contributed by atoms with van der Waals surface area (Å²) in [4.78, 5) is 11.0. The van der Waals surface area contributed by atoms with Crippen LogP contribution < -0.4 is 0 Å². The molecule has 0 saturated heterocycles. The molecule has 0 fully saturated rings. The number of hydrogen-bond donors (Lipinski definition) is 0. The van der Waals surface area contributed by atoms with Crippen molar-refractivity contribution in [3.05, 3.63) is 73.9 Å². The van der Waals surface area contributed by atoms with E-state index in [9.17, 15) is 18.5 Å². The molecular weight excluding hydrogens is 372 g/mol. The molecule has 6 nitrogen and oxygen atoms in total. The van der Waals surface area contributed by atoms with Crippen LogP contribution in [0.25, 0.3) is 0 Å². The molecule has 24 heavy (non-hydrogen) atoms. The van der Waals surface area contributed by atoms with Crippen LogP contribution in [0.3, 0.4) is 0 Å². The van der Waals surface area contributed by atoms with Crippen molar-refractivity contribution in [3.63, 3.8) is 0 Å². The first kappa shape index (κ1) is 18.6. The lowest BCUT2D eigenvalue weighted by Crippen LogP contribution is -2.31. The third-order valence-electron chi connectivity index (χ3n) is 3.18. The van der Waals surface area contributed by atoms with E-state index in [1.807, 2.05) is 0 Å². The standard InChI is InChI=1S/C15H15ClN2O4S2/c1-2-9-17(10-14-7-8-15(16)23-14)24(21,22)11-12-3-5-13(6-4-12)18(19)20/h2-8H,1,9-11H2. The average molecular weight is 387 g/mol. The second kappa shape index (κ2) is 7.89. The van der Waals surface area contributed by atoms with E-state index in [2.05, 4.69) is 6.58 Å². The number of nitro groups is 1. The van der Waals surface area contributed by atoms with Gasteiger partial charge in [-0.05, 0) is 17.7 Å². The molecule has 2 rings (SSSR count). The molecule has 0 aliphatic heterocycles. The molecule has 128 valence electrons. The minimum Gasteiger partial charge on any atom is -0.258 e. The van der Waals surface area contributed by atoms with Gasteiger partial charge in [0.15, 0.2) is 0 Å². The van der Waals surface area contributed by atoms with Gasteiger partial charge in [-0.2, -0.15) is 4.31 Å². The number of nitrogens with zero attached hydrogens (tertiary/aromatic N) is 2. The zero-order chi connectivity index (χ0) is 17.7. The van der Waals surface area contributed by atoms with Crippen molar-refractivity contribution in [3.8, 4) is 0 Å². The van der Waals surface area contributed by atoms with Crippen molar-refractivity contribution in [2.24, 2.45) is 0 Å². The highest BCUT2D eigenvalue weighted by Gasteiger charge is 2.22. The molecule has 0 unspecified atom stereocenters. The van der Waals surface area contributed by atoms with Crippen LogP contribution in [0.15, 0.2) is 49.1 Å². The zero-order valence-corrected chi connectivity index (χ0v) is 15.0. The second-order valence-corrected chi connectivity index (χ2v) is 8.74. The van der Waals surface area contributed by atoms with Crippen molar-refractivity contribution in [1.29, 1.82) is 0 Å². The van der Waals surface area contributed by atoms with Gasteiger partial charge in [-0.1, -0.05) is 29.8 Å². The Morgan fingerprint density at radius 2 is 1.92 bits per heavy atom. The first-order chi connectivity index (χ1) is 11.3. The van der Waals surface area contributed by atoms with Crippen LogP contribution in [-0.4, -0.2) is 24.2 Å². The van der Waals surface area contributed by atoms with Crippen molar-refractivity contribution >= 4 is 38.6 Å². The van der Waals surface area contributed by atoms with Gasteiger partial charge in [0.05, 0.1) is 15.0 Å². The van der Waals surface area contributed by atoms with Crippen molar-refractivity contribution < 1.29 is 13.3 Å². The fraction of sp³-hybridized carbons (Fsp3) is 0.200. The highest BCUT2D eigenvalue weighted by Crippen LogP contribution is 2.24. The van der Waals surface area contributed by atoms with Crippen LogP contribution >= 0.6 is 22.9 Å². The number of benzene rings is 1. The van der Waals surface area contributed by atoms with E-state index in [0.717, 1.165) is 4.88 Å². The summed E-state index contributed by atoms with van der Waals surface area (Å²) in [5.41, 5.74) is 0.409. The van der Waals surface area contributed by atoms with Crippen LogP contribution in [0.4, 0.5) is 5.69 Å². The summed E-state index contributed by atoms with van der Waals surface area (Å²) in [6.45, 7) is 3.97. The lowest BCUT2D eigenvalue weighted by Gasteiger charge is -2.20. The fourth-order valence-corrected chi connectivity index (χ4v) is 4.70. The molecule has 0 aliphatic carbocycles. The summed E-state index contributed by atoms with van der Waals surface area (Å²) in [6.07, 6.45) is 1.52. The van der Waals surface area contributed by atoms with Gasteiger partial charge >= 0.3 is 0 Å². The summed E-state index contributed by atoms with van der Waals surface area (Å²) < 4.78 is 27.2. The molecule has 0 N–H and O–H groups in total. The third kappa shape index (κ3) is 4.88. The SMILES string of the molecule is C=CCN(Cc1ccc(Cl)s1)S(=O)(=O)Cc1ccc([N+](=O)[O-])cc1. The highest BCUT2D eigenvalue weighted by molar-refractivity contribution is 7.88. The van der Waals surface area contributed by atoms with Gasteiger partial charge in [-0.3, -0.25) is 10.1 Å². The van der Waals surface area contributed by atoms with Crippen molar-refractivity contribution in [2.45, 2.75) is 12.3 Å². The van der Waals surface area contributed by atoms with Gasteiger partial charge in [-0.15, -0.1) is 17.9 Å². The van der Waals surface area contributed by atoms with E-state index in [4.69, 9.17) is 11.6 Å². The number of hydrogen-bond acceptors (Lipinski definition) is 5. The van der Waals surface area contributed by atoms with E-state index in [1.165, 1.54) is 46.0 Å². The smallest absolute Gasteiger partial charge is 0.258 e. The predicted octanol–water partition coefficient (Wildman–Crippen LogP) is 3.83. The lowest BCUT2D eigenvalue weighted by atomic mass is 10.2. The van der Waals surface area contributed by atoms with E-state index in [-0.39, 0.29) is 24.5 Å². The van der Waals surface area contributed by atoms with E-state index >= 15 is 0 Å². The van der Waals surface area contributed by atoms with Gasteiger partial charge in [0.1, 0.15) is 0 Å². The topological polar surface area (TPSA) is 80.5 Å². The number of halogens is 1. The van der Waals surface area contributed by atoms with Gasteiger partial charge in [0, 0.05) is 30.1 Å². The van der Waals surface area contributed by atoms with Gasteiger partial charge < -0.3 is 0 Å². The molecule has 1 aromatic carbocycles. The van der Waals surface area contributed by atoms with Crippen molar-refractivity contribution in [1.82, 2.24) is 4.31 Å². The van der Waals surface area contributed by atoms with Gasteiger partial charge in [0.25, 0.3) is 5.69 Å². The number of sulfonamides is 1. The Kier molecular flexibility index (Phi) is 6.11. The largest absolute Gasteiger partial charge is 0.269 e. The highest BCUT2D eigenvalue weighted by atomic mass is 35.5. The van der Waals surface area contributed by atoms with Crippen LogP contribution in [0.5, 0.6) is 0 Å². The summed E-state index contributed by atoms with van der Waals surface area (Å²) in [7, 11) is -3.60. The van der Waals surface area contributed by atoms with Crippen molar-refractivity contribution in [2.75, 3.05) is 6.54 Å². The number of thiophene rings is 1. The zero-order valence-electron chi connectivity index (χ0n) is 12.6. The molecule has 0 atom stereocenters. The average Bonchev–Trinajstić information content (AvgIpc) is 2.92. The Morgan fingerprint density at radius 3 is 2.42 bits per heavy atom. The molecule has 0 bridgehead atoms. The molecule has 1 aromatic heterocycles. The summed E-state index contributed by atoms with van der Waals surface area (Å²) >= 11 is 7.20. The number of rotatable bonds is 8. The molecular formula is C15H15ClN2O4S2. The normalized spacial score (nSPS) is 11.6. The predicted molar refractivity (Wildman–Crippen MR) is 95.7 cm³/mol. The molecule has 0 radical (unpaired) electrons. The van der Waals surface area contributed by atoms with E-state index in [0.29, 0.717) is 9.90 Å². The fourth-order valence-electron chi connectivity index (χ4n) is 2.05. The Morgan fingerprint density at radius 1 is 1.25 bits per heavy atom. The number of non-ortho nitro benzene ring substituents is 1.